The highest BCUT2D eigenvalue weighted by atomic mass is 79.9. The molecule has 0 saturated heterocycles. The Morgan fingerprint density at radius 1 is 1.00 bits per heavy atom. The van der Waals surface area contributed by atoms with Gasteiger partial charge in [0.05, 0.1) is 17.6 Å². The molecule has 110 valence electrons. The molecule has 22 heavy (non-hydrogen) atoms. The average Bonchev–Trinajstić information content (AvgIpc) is 2.58. The summed E-state index contributed by atoms with van der Waals surface area (Å²) in [7, 11) is 0. The van der Waals surface area contributed by atoms with Crippen LogP contribution in [0.25, 0.3) is 5.69 Å². The summed E-state index contributed by atoms with van der Waals surface area (Å²) >= 11 is 3.37. The molecule has 3 rings (SSSR count). The summed E-state index contributed by atoms with van der Waals surface area (Å²) in [4.78, 5) is 12.4. The third kappa shape index (κ3) is 3.09. The first kappa shape index (κ1) is 14.5. The van der Waals surface area contributed by atoms with Gasteiger partial charge in [-0.1, -0.05) is 48.5 Å². The topological polar surface area (TPSA) is 46.9 Å². The fourth-order valence-corrected chi connectivity index (χ4v) is 2.51. The zero-order chi connectivity index (χ0) is 15.4. The molecule has 1 N–H and O–H groups in total. The van der Waals surface area contributed by atoms with Crippen molar-refractivity contribution in [2.75, 3.05) is 5.32 Å². The van der Waals surface area contributed by atoms with Gasteiger partial charge in [-0.15, -0.1) is 0 Å². The molecule has 5 heteroatoms. The molecular formula is C17H14BrN3O. The maximum Gasteiger partial charge on any atom is 0.287 e. The number of para-hydroxylation sites is 1. The number of nitrogens with one attached hydrogen (secondary N) is 1. The van der Waals surface area contributed by atoms with E-state index >= 15 is 0 Å². The first-order chi connectivity index (χ1) is 10.8. The van der Waals surface area contributed by atoms with Gasteiger partial charge in [0, 0.05) is 6.54 Å². The lowest BCUT2D eigenvalue weighted by Gasteiger charge is -2.10. The lowest BCUT2D eigenvalue weighted by atomic mass is 10.2. The van der Waals surface area contributed by atoms with Crippen molar-refractivity contribution in [3.05, 3.63) is 87.3 Å². The minimum Gasteiger partial charge on any atom is -0.379 e. The van der Waals surface area contributed by atoms with Crippen LogP contribution < -0.4 is 10.9 Å². The molecule has 2 aromatic carbocycles. The summed E-state index contributed by atoms with van der Waals surface area (Å²) in [5, 5.41) is 7.46. The van der Waals surface area contributed by atoms with Crippen LogP contribution in [-0.2, 0) is 6.54 Å². The summed E-state index contributed by atoms with van der Waals surface area (Å²) in [5.74, 6) is 0. The monoisotopic (exact) mass is 355 g/mol. The molecule has 1 heterocycles. The van der Waals surface area contributed by atoms with Crippen molar-refractivity contribution in [1.82, 2.24) is 9.78 Å². The SMILES string of the molecule is O=c1c(Br)c(NCc2ccccc2)cnn1-c1ccccc1. The van der Waals surface area contributed by atoms with E-state index in [2.05, 4.69) is 26.3 Å². The number of rotatable bonds is 4. The maximum atomic E-state index is 12.4. The summed E-state index contributed by atoms with van der Waals surface area (Å²) in [6, 6.07) is 19.3. The highest BCUT2D eigenvalue weighted by Gasteiger charge is 2.09. The second-order valence-electron chi connectivity index (χ2n) is 4.76. The summed E-state index contributed by atoms with van der Waals surface area (Å²) in [5.41, 5.74) is 2.37. The van der Waals surface area contributed by atoms with Crippen LogP contribution in [0.1, 0.15) is 5.56 Å². The zero-order valence-electron chi connectivity index (χ0n) is 11.7. The molecule has 4 nitrogen and oxygen atoms in total. The first-order valence-electron chi connectivity index (χ1n) is 6.87. The van der Waals surface area contributed by atoms with E-state index in [9.17, 15) is 4.79 Å². The van der Waals surface area contributed by atoms with Crippen molar-refractivity contribution in [3.8, 4) is 5.69 Å². The molecule has 0 bridgehead atoms. The highest BCUT2D eigenvalue weighted by molar-refractivity contribution is 9.10. The average molecular weight is 356 g/mol. The Balaban J connectivity index is 1.86. The van der Waals surface area contributed by atoms with Crippen molar-refractivity contribution >= 4 is 21.6 Å². The van der Waals surface area contributed by atoms with Gasteiger partial charge >= 0.3 is 0 Å². The van der Waals surface area contributed by atoms with E-state index in [1.54, 1.807) is 6.20 Å². The van der Waals surface area contributed by atoms with Crippen LogP contribution >= 0.6 is 15.9 Å². The molecule has 0 saturated carbocycles. The van der Waals surface area contributed by atoms with Crippen molar-refractivity contribution in [2.24, 2.45) is 0 Å². The van der Waals surface area contributed by atoms with E-state index in [4.69, 9.17) is 0 Å². The number of anilines is 1. The molecule has 0 aliphatic heterocycles. The van der Waals surface area contributed by atoms with Gasteiger partial charge in [0.1, 0.15) is 4.47 Å². The van der Waals surface area contributed by atoms with Crippen LogP contribution in [0.3, 0.4) is 0 Å². The van der Waals surface area contributed by atoms with E-state index in [-0.39, 0.29) is 5.56 Å². The summed E-state index contributed by atoms with van der Waals surface area (Å²) < 4.78 is 1.85. The maximum absolute atomic E-state index is 12.4. The van der Waals surface area contributed by atoms with Crippen molar-refractivity contribution in [1.29, 1.82) is 0 Å². The molecule has 0 spiro atoms. The normalized spacial score (nSPS) is 10.4. The second kappa shape index (κ2) is 6.58. The molecule has 0 amide bonds. The van der Waals surface area contributed by atoms with E-state index in [1.807, 2.05) is 60.7 Å². The molecule has 3 aromatic rings. The minimum atomic E-state index is -0.190. The fraction of sp³-hybridized carbons (Fsp3) is 0.0588. The molecule has 0 aliphatic carbocycles. The lowest BCUT2D eigenvalue weighted by Crippen LogP contribution is -2.22. The first-order valence-corrected chi connectivity index (χ1v) is 7.66. The molecule has 0 radical (unpaired) electrons. The number of aromatic nitrogens is 2. The largest absolute Gasteiger partial charge is 0.379 e. The second-order valence-corrected chi connectivity index (χ2v) is 5.56. The van der Waals surface area contributed by atoms with E-state index in [0.29, 0.717) is 16.7 Å². The van der Waals surface area contributed by atoms with Crippen LogP contribution in [0.4, 0.5) is 5.69 Å². The van der Waals surface area contributed by atoms with Crippen molar-refractivity contribution in [2.45, 2.75) is 6.54 Å². The smallest absolute Gasteiger partial charge is 0.287 e. The van der Waals surface area contributed by atoms with Crippen LogP contribution in [0.15, 0.2) is 76.1 Å². The number of halogens is 1. The van der Waals surface area contributed by atoms with Gasteiger partial charge in [0.25, 0.3) is 5.56 Å². The van der Waals surface area contributed by atoms with Gasteiger partial charge in [-0.25, -0.2) is 0 Å². The summed E-state index contributed by atoms with van der Waals surface area (Å²) in [6.45, 7) is 0.635. The number of benzene rings is 2. The Morgan fingerprint density at radius 3 is 2.32 bits per heavy atom. The van der Waals surface area contributed by atoms with Gasteiger partial charge in [-0.3, -0.25) is 4.79 Å². The summed E-state index contributed by atoms with van der Waals surface area (Å²) in [6.07, 6.45) is 1.65. The van der Waals surface area contributed by atoms with Crippen LogP contribution in [0.5, 0.6) is 0 Å². The van der Waals surface area contributed by atoms with Gasteiger partial charge in [0.15, 0.2) is 0 Å². The Morgan fingerprint density at radius 2 is 1.64 bits per heavy atom. The standard InChI is InChI=1S/C17H14BrN3O/c18-16-15(19-11-13-7-3-1-4-8-13)12-20-21(17(16)22)14-9-5-2-6-10-14/h1-10,12,19H,11H2. The van der Waals surface area contributed by atoms with Crippen molar-refractivity contribution in [3.63, 3.8) is 0 Å². The number of hydrogen-bond donors (Lipinski definition) is 1. The van der Waals surface area contributed by atoms with E-state index in [1.165, 1.54) is 4.68 Å². The quantitative estimate of drug-likeness (QED) is 0.777. The molecule has 0 atom stereocenters. The fourth-order valence-electron chi connectivity index (χ4n) is 2.10. The number of hydrogen-bond acceptors (Lipinski definition) is 3. The zero-order valence-corrected chi connectivity index (χ0v) is 13.3. The molecule has 0 aliphatic rings. The van der Waals surface area contributed by atoms with Crippen LogP contribution in [0.2, 0.25) is 0 Å². The third-order valence-corrected chi connectivity index (χ3v) is 4.01. The van der Waals surface area contributed by atoms with Gasteiger partial charge in [-0.05, 0) is 33.6 Å². The molecule has 1 aromatic heterocycles. The Bertz CT molecular complexity index is 816. The third-order valence-electron chi connectivity index (χ3n) is 3.25. The molecular weight excluding hydrogens is 342 g/mol. The van der Waals surface area contributed by atoms with Crippen LogP contribution in [0, 0.1) is 0 Å². The lowest BCUT2D eigenvalue weighted by molar-refractivity contribution is 0.800. The molecule has 0 fully saturated rings. The Hall–Kier alpha value is -2.40. The van der Waals surface area contributed by atoms with Crippen molar-refractivity contribution < 1.29 is 0 Å². The van der Waals surface area contributed by atoms with Gasteiger partial charge in [-0.2, -0.15) is 9.78 Å². The van der Waals surface area contributed by atoms with E-state index < -0.39 is 0 Å². The number of nitrogens with zero attached hydrogens (tertiary/aromatic N) is 2. The highest BCUT2D eigenvalue weighted by Crippen LogP contribution is 2.18. The predicted molar refractivity (Wildman–Crippen MR) is 91.3 cm³/mol. The molecule has 0 unspecified atom stereocenters. The van der Waals surface area contributed by atoms with Gasteiger partial charge < -0.3 is 5.32 Å². The Labute approximate surface area is 136 Å². The van der Waals surface area contributed by atoms with Gasteiger partial charge in [0.2, 0.25) is 0 Å². The van der Waals surface area contributed by atoms with E-state index in [0.717, 1.165) is 11.3 Å². The van der Waals surface area contributed by atoms with Crippen LogP contribution in [-0.4, -0.2) is 9.78 Å². The Kier molecular flexibility index (Phi) is 4.34. The predicted octanol–water partition coefficient (Wildman–Crippen LogP) is 3.61. The minimum absolute atomic E-state index is 0.190.